The van der Waals surface area contributed by atoms with Crippen molar-refractivity contribution in [2.45, 2.75) is 51.1 Å². The third-order valence-corrected chi connectivity index (χ3v) is 5.80. The second-order valence-electron chi connectivity index (χ2n) is 8.03. The zero-order valence-corrected chi connectivity index (χ0v) is 17.4. The first kappa shape index (κ1) is 21.6. The Morgan fingerprint density at radius 3 is 2.47 bits per heavy atom. The summed E-state index contributed by atoms with van der Waals surface area (Å²) in [6, 6.07) is 16.9. The minimum Gasteiger partial charge on any atom is -0.384 e. The van der Waals surface area contributed by atoms with Gasteiger partial charge in [0.1, 0.15) is 11.9 Å². The number of benzene rings is 2. The van der Waals surface area contributed by atoms with Gasteiger partial charge in [0.05, 0.1) is 0 Å². The number of hydrogen-bond acceptors (Lipinski definition) is 3. The first-order valence-corrected chi connectivity index (χ1v) is 10.5. The van der Waals surface area contributed by atoms with E-state index in [0.717, 1.165) is 31.2 Å². The number of rotatable bonds is 7. The predicted octanol–water partition coefficient (Wildman–Crippen LogP) is 3.07. The lowest BCUT2D eigenvalue weighted by Crippen LogP contribution is -2.47. The Morgan fingerprint density at radius 2 is 1.80 bits per heavy atom. The highest BCUT2D eigenvalue weighted by atomic mass is 16.2. The zero-order valence-electron chi connectivity index (χ0n) is 17.4. The molecule has 2 aromatic carbocycles. The van der Waals surface area contributed by atoms with E-state index in [9.17, 15) is 9.59 Å². The molecule has 2 aromatic rings. The number of carbonyl (C=O) groups is 2. The standard InChI is InChI=1S/C24H30N4O2/c1-16(23(29)27-15-17-10-12-19(13-11-17)22(25)26)28-24(30)21-9-5-8-20(14-21)18-6-3-2-4-7-18/h2-4,6-7,10-13,16,20-21H,5,8-9,14-15H2,1H3,(H3,25,26)(H,27,29)(H,28,30)/t16-,20-,21-/m0/s1. The van der Waals surface area contributed by atoms with Crippen LogP contribution in [-0.4, -0.2) is 23.7 Å². The largest absolute Gasteiger partial charge is 0.384 e. The van der Waals surface area contributed by atoms with E-state index in [1.807, 2.05) is 30.3 Å². The molecule has 0 aliphatic heterocycles. The van der Waals surface area contributed by atoms with Crippen molar-refractivity contribution in [3.63, 3.8) is 0 Å². The SMILES string of the molecule is C[C@H](NC(=O)[C@H]1CCC[C@H](c2ccccc2)C1)C(=O)NCc1ccc(C(=N)N)cc1. The Bertz CT molecular complexity index is 880. The van der Waals surface area contributed by atoms with Crippen LogP contribution in [0, 0.1) is 11.3 Å². The molecule has 6 nitrogen and oxygen atoms in total. The van der Waals surface area contributed by atoms with E-state index in [1.165, 1.54) is 5.56 Å². The maximum absolute atomic E-state index is 12.7. The molecule has 2 amide bonds. The van der Waals surface area contributed by atoms with Gasteiger partial charge in [-0.05, 0) is 43.2 Å². The predicted molar refractivity (Wildman–Crippen MR) is 118 cm³/mol. The first-order chi connectivity index (χ1) is 14.4. The normalized spacial score (nSPS) is 19.5. The lowest BCUT2D eigenvalue weighted by molar-refractivity contribution is -0.131. The lowest BCUT2D eigenvalue weighted by Gasteiger charge is -2.29. The van der Waals surface area contributed by atoms with Gasteiger partial charge in [-0.2, -0.15) is 0 Å². The summed E-state index contributed by atoms with van der Waals surface area (Å²) in [5.41, 5.74) is 8.29. The van der Waals surface area contributed by atoms with Gasteiger partial charge in [-0.25, -0.2) is 0 Å². The van der Waals surface area contributed by atoms with Crippen LogP contribution in [0.4, 0.5) is 0 Å². The van der Waals surface area contributed by atoms with Crippen molar-refractivity contribution in [2.24, 2.45) is 11.7 Å². The highest BCUT2D eigenvalue weighted by Crippen LogP contribution is 2.36. The Kier molecular flexibility index (Phi) is 7.22. The maximum atomic E-state index is 12.7. The van der Waals surface area contributed by atoms with E-state index in [-0.39, 0.29) is 23.6 Å². The van der Waals surface area contributed by atoms with Crippen molar-refractivity contribution >= 4 is 17.6 Å². The minimum atomic E-state index is -0.592. The summed E-state index contributed by atoms with van der Waals surface area (Å²) in [5.74, 6) is 0.105. The molecule has 5 N–H and O–H groups in total. The van der Waals surface area contributed by atoms with Gasteiger partial charge in [0.15, 0.2) is 0 Å². The summed E-state index contributed by atoms with van der Waals surface area (Å²) in [4.78, 5) is 25.2. The third kappa shape index (κ3) is 5.69. The number of amidine groups is 1. The lowest BCUT2D eigenvalue weighted by atomic mass is 9.77. The second-order valence-corrected chi connectivity index (χ2v) is 8.03. The van der Waals surface area contributed by atoms with Crippen LogP contribution < -0.4 is 16.4 Å². The molecule has 3 rings (SSSR count). The van der Waals surface area contributed by atoms with Gasteiger partial charge in [-0.3, -0.25) is 15.0 Å². The highest BCUT2D eigenvalue weighted by Gasteiger charge is 2.29. The van der Waals surface area contributed by atoms with Crippen LogP contribution in [0.15, 0.2) is 54.6 Å². The zero-order chi connectivity index (χ0) is 21.5. The van der Waals surface area contributed by atoms with Crippen molar-refractivity contribution < 1.29 is 9.59 Å². The summed E-state index contributed by atoms with van der Waals surface area (Å²) >= 11 is 0. The van der Waals surface area contributed by atoms with Crippen LogP contribution in [0.5, 0.6) is 0 Å². The van der Waals surface area contributed by atoms with Crippen LogP contribution in [0.25, 0.3) is 0 Å². The molecule has 0 aromatic heterocycles. The molecule has 0 bridgehead atoms. The maximum Gasteiger partial charge on any atom is 0.242 e. The molecule has 0 heterocycles. The summed E-state index contributed by atoms with van der Waals surface area (Å²) in [5, 5.41) is 13.1. The van der Waals surface area contributed by atoms with Crippen LogP contribution in [-0.2, 0) is 16.1 Å². The minimum absolute atomic E-state index is 0.0131. The molecular weight excluding hydrogens is 376 g/mol. The molecule has 3 atom stereocenters. The quantitative estimate of drug-likeness (QED) is 0.419. The van der Waals surface area contributed by atoms with Gasteiger partial charge in [-0.1, -0.05) is 61.0 Å². The average Bonchev–Trinajstić information content (AvgIpc) is 2.78. The third-order valence-electron chi connectivity index (χ3n) is 5.80. The van der Waals surface area contributed by atoms with Crippen molar-refractivity contribution in [1.82, 2.24) is 10.6 Å². The molecule has 158 valence electrons. The van der Waals surface area contributed by atoms with Crippen LogP contribution in [0.2, 0.25) is 0 Å². The fourth-order valence-corrected chi connectivity index (χ4v) is 4.00. The van der Waals surface area contributed by atoms with Crippen LogP contribution in [0.3, 0.4) is 0 Å². The summed E-state index contributed by atoms with van der Waals surface area (Å²) in [6.07, 6.45) is 3.82. The molecule has 1 aliphatic carbocycles. The fourth-order valence-electron chi connectivity index (χ4n) is 4.00. The van der Waals surface area contributed by atoms with Crippen LogP contribution in [0.1, 0.15) is 55.2 Å². The van der Waals surface area contributed by atoms with E-state index in [1.54, 1.807) is 19.1 Å². The van der Waals surface area contributed by atoms with E-state index >= 15 is 0 Å². The highest BCUT2D eigenvalue weighted by molar-refractivity contribution is 5.94. The van der Waals surface area contributed by atoms with Crippen molar-refractivity contribution in [3.05, 3.63) is 71.3 Å². The van der Waals surface area contributed by atoms with Crippen molar-refractivity contribution in [3.8, 4) is 0 Å². The van der Waals surface area contributed by atoms with Gasteiger partial charge < -0.3 is 16.4 Å². The summed E-state index contributed by atoms with van der Waals surface area (Å²) in [6.45, 7) is 2.07. The Balaban J connectivity index is 1.48. The van der Waals surface area contributed by atoms with E-state index in [4.69, 9.17) is 11.1 Å². The number of carbonyl (C=O) groups excluding carboxylic acids is 2. The summed E-state index contributed by atoms with van der Waals surface area (Å²) < 4.78 is 0. The second kappa shape index (κ2) is 10.1. The Labute approximate surface area is 177 Å². The number of nitrogens with two attached hydrogens (primary N) is 1. The van der Waals surface area contributed by atoms with Gasteiger partial charge in [0.2, 0.25) is 11.8 Å². The number of nitrogens with one attached hydrogen (secondary N) is 3. The van der Waals surface area contributed by atoms with E-state index in [2.05, 4.69) is 22.8 Å². The molecule has 1 fully saturated rings. The van der Waals surface area contributed by atoms with E-state index in [0.29, 0.717) is 18.0 Å². The monoisotopic (exact) mass is 406 g/mol. The van der Waals surface area contributed by atoms with Crippen molar-refractivity contribution in [1.29, 1.82) is 5.41 Å². The molecule has 0 radical (unpaired) electrons. The Hall–Kier alpha value is -3.15. The number of nitrogen functional groups attached to an aromatic ring is 1. The van der Waals surface area contributed by atoms with Gasteiger partial charge in [-0.15, -0.1) is 0 Å². The molecule has 0 saturated heterocycles. The number of amides is 2. The molecule has 0 unspecified atom stereocenters. The fraction of sp³-hybridized carbons (Fsp3) is 0.375. The van der Waals surface area contributed by atoms with Gasteiger partial charge in [0.25, 0.3) is 0 Å². The molecule has 30 heavy (non-hydrogen) atoms. The smallest absolute Gasteiger partial charge is 0.242 e. The van der Waals surface area contributed by atoms with Gasteiger partial charge in [0, 0.05) is 18.0 Å². The molecule has 0 spiro atoms. The molecule has 1 saturated carbocycles. The molecule has 6 heteroatoms. The van der Waals surface area contributed by atoms with Crippen molar-refractivity contribution in [2.75, 3.05) is 0 Å². The van der Waals surface area contributed by atoms with Crippen LogP contribution >= 0.6 is 0 Å². The first-order valence-electron chi connectivity index (χ1n) is 10.5. The number of hydrogen-bond donors (Lipinski definition) is 4. The average molecular weight is 407 g/mol. The molecular formula is C24H30N4O2. The summed E-state index contributed by atoms with van der Waals surface area (Å²) in [7, 11) is 0. The topological polar surface area (TPSA) is 108 Å². The molecule has 1 aliphatic rings. The van der Waals surface area contributed by atoms with E-state index < -0.39 is 6.04 Å². The van der Waals surface area contributed by atoms with Gasteiger partial charge >= 0.3 is 0 Å². The Morgan fingerprint density at radius 1 is 1.10 bits per heavy atom.